The standard InChI is InChI=1S/C7H5NO.CH2O3/c9-7-5-3-1-2-4-6(5)8-7;2-1(3)4/h1-4H,(H,8,9);(H2,2,3,4). The topological polar surface area (TPSA) is 86.6 Å². The van der Waals surface area contributed by atoms with E-state index in [0.29, 0.717) is 0 Å². The molecule has 0 saturated heterocycles. The quantitative estimate of drug-likeness (QED) is 0.565. The molecular formula is C8H7NO4. The van der Waals surface area contributed by atoms with Gasteiger partial charge in [0.05, 0.1) is 11.3 Å². The van der Waals surface area contributed by atoms with Crippen molar-refractivity contribution in [1.29, 1.82) is 0 Å². The summed E-state index contributed by atoms with van der Waals surface area (Å²) in [7, 11) is 0. The Labute approximate surface area is 73.6 Å². The Hall–Kier alpha value is -2.04. The van der Waals surface area contributed by atoms with E-state index in [0.717, 1.165) is 11.3 Å². The van der Waals surface area contributed by atoms with Crippen LogP contribution in [0.25, 0.3) is 0 Å². The fourth-order valence-corrected chi connectivity index (χ4v) is 0.917. The molecule has 1 heterocycles. The van der Waals surface area contributed by atoms with Crippen LogP contribution in [0.2, 0.25) is 0 Å². The molecule has 13 heavy (non-hydrogen) atoms. The number of carbonyl (C=O) groups is 2. The average Bonchev–Trinajstić information content (AvgIpc) is 2.02. The first-order chi connectivity index (χ1) is 6.11. The highest BCUT2D eigenvalue weighted by Crippen LogP contribution is 2.23. The van der Waals surface area contributed by atoms with E-state index in [2.05, 4.69) is 5.32 Å². The third-order valence-corrected chi connectivity index (χ3v) is 1.42. The minimum absolute atomic E-state index is 0.0330. The van der Waals surface area contributed by atoms with E-state index in [4.69, 9.17) is 15.0 Å². The number of anilines is 1. The summed E-state index contributed by atoms with van der Waals surface area (Å²) in [6, 6.07) is 7.46. The molecule has 5 nitrogen and oxygen atoms in total. The van der Waals surface area contributed by atoms with Crippen LogP contribution in [0.15, 0.2) is 24.3 Å². The number of hydrogen-bond acceptors (Lipinski definition) is 2. The Bertz CT molecular complexity index is 344. The molecule has 0 aliphatic carbocycles. The zero-order valence-electron chi connectivity index (χ0n) is 6.52. The van der Waals surface area contributed by atoms with Gasteiger partial charge < -0.3 is 15.5 Å². The van der Waals surface area contributed by atoms with E-state index in [-0.39, 0.29) is 5.91 Å². The summed E-state index contributed by atoms with van der Waals surface area (Å²) in [5.74, 6) is 0.0330. The normalized spacial score (nSPS) is 11.2. The van der Waals surface area contributed by atoms with Crippen molar-refractivity contribution in [3.05, 3.63) is 29.8 Å². The van der Waals surface area contributed by atoms with Gasteiger partial charge in [0.25, 0.3) is 5.91 Å². The molecule has 1 aliphatic rings. The van der Waals surface area contributed by atoms with Gasteiger partial charge >= 0.3 is 6.16 Å². The molecular weight excluding hydrogens is 174 g/mol. The minimum atomic E-state index is -1.83. The van der Waals surface area contributed by atoms with Crippen molar-refractivity contribution in [3.8, 4) is 0 Å². The average molecular weight is 181 g/mol. The first-order valence-electron chi connectivity index (χ1n) is 3.43. The van der Waals surface area contributed by atoms with Crippen LogP contribution < -0.4 is 5.32 Å². The summed E-state index contributed by atoms with van der Waals surface area (Å²) in [6.07, 6.45) is -1.83. The molecule has 3 N–H and O–H groups in total. The van der Waals surface area contributed by atoms with Crippen LogP contribution >= 0.6 is 0 Å². The van der Waals surface area contributed by atoms with Gasteiger partial charge in [-0.15, -0.1) is 0 Å². The molecule has 2 rings (SSSR count). The fourth-order valence-electron chi connectivity index (χ4n) is 0.917. The molecule has 0 spiro atoms. The predicted molar refractivity (Wildman–Crippen MR) is 45.0 cm³/mol. The van der Waals surface area contributed by atoms with E-state index >= 15 is 0 Å². The van der Waals surface area contributed by atoms with E-state index in [1.54, 1.807) is 0 Å². The first-order valence-corrected chi connectivity index (χ1v) is 3.43. The van der Waals surface area contributed by atoms with Gasteiger partial charge in [0.15, 0.2) is 0 Å². The second kappa shape index (κ2) is 3.57. The lowest BCUT2D eigenvalue weighted by molar-refractivity contribution is 0.101. The largest absolute Gasteiger partial charge is 0.503 e. The number of hydrogen-bond donors (Lipinski definition) is 3. The minimum Gasteiger partial charge on any atom is -0.450 e. The van der Waals surface area contributed by atoms with Crippen molar-refractivity contribution in [2.75, 3.05) is 5.32 Å². The maximum Gasteiger partial charge on any atom is 0.503 e. The predicted octanol–water partition coefficient (Wildman–Crippen LogP) is 1.47. The van der Waals surface area contributed by atoms with Gasteiger partial charge in [-0.1, -0.05) is 12.1 Å². The molecule has 0 unspecified atom stereocenters. The number of amides is 1. The van der Waals surface area contributed by atoms with Crippen LogP contribution in [-0.4, -0.2) is 22.3 Å². The molecule has 0 fully saturated rings. The van der Waals surface area contributed by atoms with Crippen molar-refractivity contribution >= 4 is 17.7 Å². The van der Waals surface area contributed by atoms with Crippen molar-refractivity contribution < 1.29 is 19.8 Å². The van der Waals surface area contributed by atoms with E-state index in [9.17, 15) is 4.79 Å². The molecule has 68 valence electrons. The monoisotopic (exact) mass is 181 g/mol. The van der Waals surface area contributed by atoms with Gasteiger partial charge in [0.1, 0.15) is 0 Å². The van der Waals surface area contributed by atoms with E-state index in [1.807, 2.05) is 24.3 Å². The third kappa shape index (κ3) is 2.19. The summed E-state index contributed by atoms with van der Waals surface area (Å²) in [4.78, 5) is 19.2. The Balaban J connectivity index is 0.000000184. The number of nitrogens with one attached hydrogen (secondary N) is 1. The highest BCUT2D eigenvalue weighted by Gasteiger charge is 2.19. The number of para-hydroxylation sites is 1. The first kappa shape index (κ1) is 9.05. The smallest absolute Gasteiger partial charge is 0.450 e. The molecule has 0 aromatic heterocycles. The van der Waals surface area contributed by atoms with Crippen LogP contribution in [0, 0.1) is 0 Å². The van der Waals surface area contributed by atoms with Gasteiger partial charge in [-0.25, -0.2) is 4.79 Å². The highest BCUT2D eigenvalue weighted by molar-refractivity contribution is 6.17. The number of fused-ring (bicyclic) bond motifs is 1. The fraction of sp³-hybridized carbons (Fsp3) is 0. The van der Waals surface area contributed by atoms with Gasteiger partial charge in [0, 0.05) is 0 Å². The number of rotatable bonds is 0. The maximum atomic E-state index is 10.6. The molecule has 0 radical (unpaired) electrons. The van der Waals surface area contributed by atoms with Crippen molar-refractivity contribution in [1.82, 2.24) is 0 Å². The summed E-state index contributed by atoms with van der Waals surface area (Å²) >= 11 is 0. The zero-order valence-corrected chi connectivity index (χ0v) is 6.52. The molecule has 1 amide bonds. The molecule has 1 aliphatic heterocycles. The Morgan fingerprint density at radius 2 is 1.77 bits per heavy atom. The summed E-state index contributed by atoms with van der Waals surface area (Å²) in [6.45, 7) is 0. The summed E-state index contributed by atoms with van der Waals surface area (Å²) in [5, 5.41) is 16.6. The van der Waals surface area contributed by atoms with Gasteiger partial charge in [0.2, 0.25) is 0 Å². The second-order valence-electron chi connectivity index (χ2n) is 2.28. The van der Waals surface area contributed by atoms with E-state index in [1.165, 1.54) is 0 Å². The second-order valence-corrected chi connectivity index (χ2v) is 2.28. The molecule has 1 aromatic carbocycles. The maximum absolute atomic E-state index is 10.6. The molecule has 1 aromatic rings. The lowest BCUT2D eigenvalue weighted by Gasteiger charge is -2.17. The van der Waals surface area contributed by atoms with Crippen molar-refractivity contribution in [2.24, 2.45) is 0 Å². The SMILES string of the molecule is O=C(O)O.O=C1Nc2ccccc21. The Morgan fingerprint density at radius 3 is 2.15 bits per heavy atom. The lowest BCUT2D eigenvalue weighted by atomic mass is 10.1. The number of carbonyl (C=O) groups excluding carboxylic acids is 1. The van der Waals surface area contributed by atoms with Crippen LogP contribution in [0.5, 0.6) is 0 Å². The van der Waals surface area contributed by atoms with Crippen LogP contribution in [-0.2, 0) is 0 Å². The van der Waals surface area contributed by atoms with Gasteiger partial charge in [-0.05, 0) is 12.1 Å². The van der Waals surface area contributed by atoms with Gasteiger partial charge in [-0.3, -0.25) is 4.79 Å². The van der Waals surface area contributed by atoms with Crippen molar-refractivity contribution in [2.45, 2.75) is 0 Å². The van der Waals surface area contributed by atoms with Crippen molar-refractivity contribution in [3.63, 3.8) is 0 Å². The molecule has 5 heteroatoms. The Kier molecular flexibility index (Phi) is 2.49. The highest BCUT2D eigenvalue weighted by atomic mass is 16.6. The van der Waals surface area contributed by atoms with Crippen LogP contribution in [0.3, 0.4) is 0 Å². The lowest BCUT2D eigenvalue weighted by Crippen LogP contribution is -2.23. The summed E-state index contributed by atoms with van der Waals surface area (Å²) in [5.41, 5.74) is 1.75. The van der Waals surface area contributed by atoms with Crippen LogP contribution in [0.1, 0.15) is 10.4 Å². The van der Waals surface area contributed by atoms with Crippen LogP contribution in [0.4, 0.5) is 10.5 Å². The number of carboxylic acid groups (broad SMARTS) is 2. The molecule has 0 atom stereocenters. The summed E-state index contributed by atoms with van der Waals surface area (Å²) < 4.78 is 0. The third-order valence-electron chi connectivity index (χ3n) is 1.42. The molecule has 0 saturated carbocycles. The Morgan fingerprint density at radius 1 is 1.23 bits per heavy atom. The van der Waals surface area contributed by atoms with Gasteiger partial charge in [-0.2, -0.15) is 0 Å². The molecule has 0 bridgehead atoms. The zero-order chi connectivity index (χ0) is 9.84. The van der Waals surface area contributed by atoms with E-state index < -0.39 is 6.16 Å². The number of benzene rings is 1.